The maximum absolute atomic E-state index is 11.6. The van der Waals surface area contributed by atoms with Gasteiger partial charge in [0.1, 0.15) is 0 Å². The molecule has 0 aliphatic rings. The summed E-state index contributed by atoms with van der Waals surface area (Å²) in [5.74, 6) is -0.678. The van der Waals surface area contributed by atoms with E-state index in [0.29, 0.717) is 29.4 Å². The predicted molar refractivity (Wildman–Crippen MR) is 81.7 cm³/mol. The molecule has 0 unspecified atom stereocenters. The number of thioether (sulfide) groups is 1. The average Bonchev–Trinajstić information content (AvgIpc) is 2.39. The van der Waals surface area contributed by atoms with Crippen LogP contribution in [0.25, 0.3) is 0 Å². The van der Waals surface area contributed by atoms with Crippen molar-refractivity contribution >= 4 is 46.8 Å². The summed E-state index contributed by atoms with van der Waals surface area (Å²) >= 11 is 13.2. The summed E-state index contributed by atoms with van der Waals surface area (Å²) < 4.78 is 0. The van der Waals surface area contributed by atoms with Crippen LogP contribution in [0.2, 0.25) is 10.0 Å². The number of halogens is 2. The van der Waals surface area contributed by atoms with Crippen LogP contribution in [0.1, 0.15) is 19.3 Å². The van der Waals surface area contributed by atoms with Crippen molar-refractivity contribution in [1.82, 2.24) is 5.32 Å². The lowest BCUT2D eigenvalue weighted by Crippen LogP contribution is -2.26. The van der Waals surface area contributed by atoms with Crippen LogP contribution in [0, 0.1) is 0 Å². The van der Waals surface area contributed by atoms with Gasteiger partial charge in [-0.25, -0.2) is 0 Å². The number of rotatable bonds is 8. The zero-order valence-electron chi connectivity index (χ0n) is 10.7. The fourth-order valence-corrected chi connectivity index (χ4v) is 2.73. The molecule has 0 aromatic heterocycles. The second-order valence-electron chi connectivity index (χ2n) is 4.06. The van der Waals surface area contributed by atoms with Crippen molar-refractivity contribution in [2.45, 2.75) is 24.2 Å². The van der Waals surface area contributed by atoms with Crippen LogP contribution < -0.4 is 5.32 Å². The first-order valence-electron chi connectivity index (χ1n) is 6.05. The molecule has 0 saturated heterocycles. The first kappa shape index (κ1) is 17.1. The van der Waals surface area contributed by atoms with Gasteiger partial charge in [-0.15, -0.1) is 11.8 Å². The van der Waals surface area contributed by atoms with Crippen LogP contribution in [0.15, 0.2) is 23.1 Å². The first-order valence-corrected chi connectivity index (χ1v) is 7.79. The van der Waals surface area contributed by atoms with Gasteiger partial charge in [-0.2, -0.15) is 0 Å². The molecule has 4 nitrogen and oxygen atoms in total. The number of benzene rings is 1. The average molecular weight is 336 g/mol. The SMILES string of the molecule is O=C(O)CCCCNC(=O)CSc1cc(Cl)ccc1Cl. The van der Waals surface area contributed by atoms with Gasteiger partial charge in [0.2, 0.25) is 5.91 Å². The Morgan fingerprint density at radius 3 is 2.70 bits per heavy atom. The van der Waals surface area contributed by atoms with Crippen molar-refractivity contribution in [3.8, 4) is 0 Å². The predicted octanol–water partition coefficient (Wildman–Crippen LogP) is 3.46. The van der Waals surface area contributed by atoms with E-state index >= 15 is 0 Å². The van der Waals surface area contributed by atoms with Crippen molar-refractivity contribution in [2.24, 2.45) is 0 Å². The summed E-state index contributed by atoms with van der Waals surface area (Å²) in [4.78, 5) is 22.7. The molecule has 1 aromatic carbocycles. The highest BCUT2D eigenvalue weighted by Crippen LogP contribution is 2.29. The smallest absolute Gasteiger partial charge is 0.303 e. The van der Waals surface area contributed by atoms with Crippen molar-refractivity contribution in [2.75, 3.05) is 12.3 Å². The fraction of sp³-hybridized carbons (Fsp3) is 0.385. The fourth-order valence-electron chi connectivity index (χ4n) is 1.41. The van der Waals surface area contributed by atoms with Gasteiger partial charge >= 0.3 is 5.97 Å². The molecule has 20 heavy (non-hydrogen) atoms. The third-order valence-electron chi connectivity index (χ3n) is 2.39. The van der Waals surface area contributed by atoms with Gasteiger partial charge in [0.15, 0.2) is 0 Å². The van der Waals surface area contributed by atoms with E-state index in [1.165, 1.54) is 11.8 Å². The summed E-state index contributed by atoms with van der Waals surface area (Å²) in [7, 11) is 0. The molecule has 0 atom stereocenters. The number of aliphatic carboxylic acids is 1. The number of nitrogens with one attached hydrogen (secondary N) is 1. The number of carboxylic acid groups (broad SMARTS) is 1. The molecule has 0 heterocycles. The van der Waals surface area contributed by atoms with E-state index in [1.54, 1.807) is 18.2 Å². The van der Waals surface area contributed by atoms with Crippen molar-refractivity contribution in [3.05, 3.63) is 28.2 Å². The third kappa shape index (κ3) is 7.03. The van der Waals surface area contributed by atoms with E-state index in [4.69, 9.17) is 28.3 Å². The summed E-state index contributed by atoms with van der Waals surface area (Å²) in [6, 6.07) is 5.10. The maximum atomic E-state index is 11.6. The molecular weight excluding hydrogens is 321 g/mol. The van der Waals surface area contributed by atoms with Gasteiger partial charge in [-0.3, -0.25) is 9.59 Å². The number of unbranched alkanes of at least 4 members (excludes halogenated alkanes) is 1. The van der Waals surface area contributed by atoms with Crippen LogP contribution in [-0.2, 0) is 9.59 Å². The van der Waals surface area contributed by atoms with Gasteiger partial charge in [-0.1, -0.05) is 23.2 Å². The van der Waals surface area contributed by atoms with Crippen LogP contribution in [0.3, 0.4) is 0 Å². The lowest BCUT2D eigenvalue weighted by molar-refractivity contribution is -0.137. The van der Waals surface area contributed by atoms with Gasteiger partial charge in [0.25, 0.3) is 0 Å². The zero-order valence-corrected chi connectivity index (χ0v) is 13.0. The molecule has 2 N–H and O–H groups in total. The molecular formula is C13H15Cl2NO3S. The minimum absolute atomic E-state index is 0.110. The molecule has 0 fully saturated rings. The molecule has 1 aromatic rings. The molecule has 1 rings (SSSR count). The first-order chi connectivity index (χ1) is 9.49. The normalized spacial score (nSPS) is 10.3. The standard InChI is InChI=1S/C13H15Cl2NO3S/c14-9-4-5-10(15)11(7-9)20-8-12(17)16-6-2-1-3-13(18)19/h4-5,7H,1-3,6,8H2,(H,16,17)(H,18,19). The Morgan fingerprint density at radius 1 is 1.25 bits per heavy atom. The minimum Gasteiger partial charge on any atom is -0.481 e. The second-order valence-corrected chi connectivity index (χ2v) is 5.93. The van der Waals surface area contributed by atoms with Crippen molar-refractivity contribution in [1.29, 1.82) is 0 Å². The van der Waals surface area contributed by atoms with Crippen molar-refractivity contribution in [3.63, 3.8) is 0 Å². The Morgan fingerprint density at radius 2 is 2.00 bits per heavy atom. The van der Waals surface area contributed by atoms with E-state index in [2.05, 4.69) is 5.32 Å². The monoisotopic (exact) mass is 335 g/mol. The number of carboxylic acids is 1. The second kappa shape index (κ2) is 9.10. The number of carbonyl (C=O) groups excluding carboxylic acids is 1. The van der Waals surface area contributed by atoms with Crippen LogP contribution in [0.4, 0.5) is 0 Å². The van der Waals surface area contributed by atoms with E-state index in [1.807, 2.05) is 0 Å². The molecule has 0 aliphatic carbocycles. The molecule has 0 bridgehead atoms. The van der Waals surface area contributed by atoms with Crippen molar-refractivity contribution < 1.29 is 14.7 Å². The molecule has 110 valence electrons. The topological polar surface area (TPSA) is 66.4 Å². The molecule has 0 aliphatic heterocycles. The Balaban J connectivity index is 2.23. The van der Waals surface area contributed by atoms with E-state index in [0.717, 1.165) is 4.90 Å². The highest BCUT2D eigenvalue weighted by Gasteiger charge is 2.06. The molecule has 1 amide bonds. The number of hydrogen-bond acceptors (Lipinski definition) is 3. The van der Waals surface area contributed by atoms with Crippen LogP contribution in [-0.4, -0.2) is 29.3 Å². The van der Waals surface area contributed by atoms with E-state index in [-0.39, 0.29) is 18.1 Å². The Bertz CT molecular complexity index is 483. The minimum atomic E-state index is -0.817. The largest absolute Gasteiger partial charge is 0.481 e. The molecule has 0 saturated carbocycles. The van der Waals surface area contributed by atoms with Crippen LogP contribution in [0.5, 0.6) is 0 Å². The van der Waals surface area contributed by atoms with Gasteiger partial charge in [-0.05, 0) is 31.0 Å². The Hall–Kier alpha value is -0.910. The number of carbonyl (C=O) groups is 2. The Kier molecular flexibility index (Phi) is 7.80. The maximum Gasteiger partial charge on any atom is 0.303 e. The summed E-state index contributed by atoms with van der Waals surface area (Å²) in [6.45, 7) is 0.482. The highest BCUT2D eigenvalue weighted by molar-refractivity contribution is 8.00. The van der Waals surface area contributed by atoms with Gasteiger partial charge in [0, 0.05) is 22.9 Å². The lowest BCUT2D eigenvalue weighted by atomic mass is 10.2. The van der Waals surface area contributed by atoms with Gasteiger partial charge < -0.3 is 10.4 Å². The Labute approximate surface area is 131 Å². The number of hydrogen-bond donors (Lipinski definition) is 2. The van der Waals surface area contributed by atoms with Crippen LogP contribution >= 0.6 is 35.0 Å². The zero-order chi connectivity index (χ0) is 15.0. The molecule has 0 radical (unpaired) electrons. The third-order valence-corrected chi connectivity index (χ3v) is 4.12. The molecule has 7 heteroatoms. The van der Waals surface area contributed by atoms with E-state index < -0.39 is 5.97 Å². The van der Waals surface area contributed by atoms with E-state index in [9.17, 15) is 9.59 Å². The summed E-state index contributed by atoms with van der Waals surface area (Å²) in [5, 5.41) is 12.3. The lowest BCUT2D eigenvalue weighted by Gasteiger charge is -2.06. The number of amides is 1. The molecule has 0 spiro atoms. The van der Waals surface area contributed by atoms with Gasteiger partial charge in [0.05, 0.1) is 10.8 Å². The summed E-state index contributed by atoms with van der Waals surface area (Å²) in [6.07, 6.45) is 1.34. The summed E-state index contributed by atoms with van der Waals surface area (Å²) in [5.41, 5.74) is 0. The quantitative estimate of drug-likeness (QED) is 0.564. The highest BCUT2D eigenvalue weighted by atomic mass is 35.5.